The predicted molar refractivity (Wildman–Crippen MR) is 97.0 cm³/mol. The Morgan fingerprint density at radius 3 is 2.84 bits per heavy atom. The van der Waals surface area contributed by atoms with Gasteiger partial charge >= 0.3 is 0 Å². The molecule has 134 valence electrons. The second kappa shape index (κ2) is 6.06. The van der Waals surface area contributed by atoms with Gasteiger partial charge in [-0.3, -0.25) is 4.79 Å². The SMILES string of the molecule is Cc1c(C(=O)NC2COC3(CCCCC3)C2)c2cc(O)ccc2n1C. The van der Waals surface area contributed by atoms with E-state index in [4.69, 9.17) is 4.74 Å². The summed E-state index contributed by atoms with van der Waals surface area (Å²) in [6.45, 7) is 2.54. The Balaban J connectivity index is 1.57. The molecule has 1 saturated carbocycles. The third-order valence-corrected chi connectivity index (χ3v) is 6.01. The lowest BCUT2D eigenvalue weighted by atomic mass is 9.82. The summed E-state index contributed by atoms with van der Waals surface area (Å²) in [6.07, 6.45) is 6.88. The van der Waals surface area contributed by atoms with Crippen LogP contribution in [0.3, 0.4) is 0 Å². The number of nitrogens with one attached hydrogen (secondary N) is 1. The van der Waals surface area contributed by atoms with E-state index in [0.29, 0.717) is 12.2 Å². The van der Waals surface area contributed by atoms with Crippen molar-refractivity contribution in [2.24, 2.45) is 7.05 Å². The van der Waals surface area contributed by atoms with Crippen molar-refractivity contribution >= 4 is 16.8 Å². The number of hydrogen-bond acceptors (Lipinski definition) is 3. The fraction of sp³-hybridized carbons (Fsp3) is 0.550. The van der Waals surface area contributed by atoms with Crippen molar-refractivity contribution < 1.29 is 14.6 Å². The van der Waals surface area contributed by atoms with Crippen LogP contribution in [0.1, 0.15) is 54.6 Å². The lowest BCUT2D eigenvalue weighted by Crippen LogP contribution is -2.37. The summed E-state index contributed by atoms with van der Waals surface area (Å²) in [5, 5.41) is 13.8. The molecule has 2 aliphatic rings. The average Bonchev–Trinajstić information content (AvgIpc) is 3.07. The highest BCUT2D eigenvalue weighted by atomic mass is 16.5. The minimum Gasteiger partial charge on any atom is -0.508 e. The van der Waals surface area contributed by atoms with Crippen molar-refractivity contribution in [2.45, 2.75) is 57.1 Å². The van der Waals surface area contributed by atoms with Gasteiger partial charge in [0.05, 0.1) is 23.8 Å². The molecule has 2 heterocycles. The molecular weight excluding hydrogens is 316 g/mol. The van der Waals surface area contributed by atoms with Gasteiger partial charge in [-0.2, -0.15) is 0 Å². The molecule has 4 rings (SSSR count). The van der Waals surface area contributed by atoms with E-state index in [-0.39, 0.29) is 23.3 Å². The molecule has 1 unspecified atom stereocenters. The van der Waals surface area contributed by atoms with Crippen molar-refractivity contribution in [1.29, 1.82) is 0 Å². The van der Waals surface area contributed by atoms with Gasteiger partial charge in [0.25, 0.3) is 5.91 Å². The van der Waals surface area contributed by atoms with E-state index in [9.17, 15) is 9.90 Å². The third-order valence-electron chi connectivity index (χ3n) is 6.01. The molecule has 2 fully saturated rings. The molecule has 1 aliphatic heterocycles. The van der Waals surface area contributed by atoms with Crippen LogP contribution in [0.5, 0.6) is 5.75 Å². The maximum atomic E-state index is 13.0. The van der Waals surface area contributed by atoms with Gasteiger partial charge < -0.3 is 19.7 Å². The largest absolute Gasteiger partial charge is 0.508 e. The van der Waals surface area contributed by atoms with E-state index in [2.05, 4.69) is 5.32 Å². The molecule has 2 N–H and O–H groups in total. The van der Waals surface area contributed by atoms with Crippen LogP contribution < -0.4 is 5.32 Å². The first-order chi connectivity index (χ1) is 12.0. The van der Waals surface area contributed by atoms with Crippen LogP contribution in [0.25, 0.3) is 10.9 Å². The Morgan fingerprint density at radius 1 is 1.32 bits per heavy atom. The van der Waals surface area contributed by atoms with Gasteiger partial charge in [-0.1, -0.05) is 19.3 Å². The number of aryl methyl sites for hydroxylation is 1. The maximum Gasteiger partial charge on any atom is 0.254 e. The number of nitrogens with zero attached hydrogens (tertiary/aromatic N) is 1. The van der Waals surface area contributed by atoms with Gasteiger partial charge in [0.2, 0.25) is 0 Å². The van der Waals surface area contributed by atoms with Gasteiger partial charge in [-0.15, -0.1) is 0 Å². The summed E-state index contributed by atoms with van der Waals surface area (Å²) in [6, 6.07) is 5.24. The van der Waals surface area contributed by atoms with Crippen LogP contribution in [0.4, 0.5) is 0 Å². The standard InChI is InChI=1S/C20H26N2O3/c1-13-18(16-10-15(23)6-7-17(16)22(13)2)19(24)21-14-11-20(25-12-14)8-4-3-5-9-20/h6-7,10,14,23H,3-5,8-9,11-12H2,1-2H3,(H,21,24). The Bertz CT molecular complexity index is 818. The molecule has 1 aromatic carbocycles. The molecule has 1 aromatic heterocycles. The van der Waals surface area contributed by atoms with Gasteiger partial charge in [-0.05, 0) is 44.4 Å². The van der Waals surface area contributed by atoms with Crippen LogP contribution >= 0.6 is 0 Å². The van der Waals surface area contributed by atoms with E-state index < -0.39 is 0 Å². The monoisotopic (exact) mass is 342 g/mol. The summed E-state index contributed by atoms with van der Waals surface area (Å²) in [4.78, 5) is 13.0. The second-order valence-corrected chi connectivity index (χ2v) is 7.65. The van der Waals surface area contributed by atoms with E-state index in [1.807, 2.05) is 24.6 Å². The Labute approximate surface area is 148 Å². The molecule has 0 bridgehead atoms. The van der Waals surface area contributed by atoms with Gasteiger partial charge in [0.15, 0.2) is 0 Å². The fourth-order valence-electron chi connectivity index (χ4n) is 4.59. The number of benzene rings is 1. The number of fused-ring (bicyclic) bond motifs is 1. The van der Waals surface area contributed by atoms with E-state index in [1.54, 1.807) is 12.1 Å². The van der Waals surface area contributed by atoms with Crippen LogP contribution in [0, 0.1) is 6.92 Å². The van der Waals surface area contributed by atoms with Crippen molar-refractivity contribution in [3.05, 3.63) is 29.5 Å². The number of phenols is 1. The zero-order valence-electron chi connectivity index (χ0n) is 15.0. The number of carbonyl (C=O) groups is 1. The molecule has 25 heavy (non-hydrogen) atoms. The summed E-state index contributed by atoms with van der Waals surface area (Å²) in [5.41, 5.74) is 2.50. The van der Waals surface area contributed by atoms with Gasteiger partial charge in [0.1, 0.15) is 5.75 Å². The first-order valence-corrected chi connectivity index (χ1v) is 9.22. The van der Waals surface area contributed by atoms with Crippen LogP contribution in [0.2, 0.25) is 0 Å². The molecule has 1 saturated heterocycles. The summed E-state index contributed by atoms with van der Waals surface area (Å²) in [5.74, 6) is 0.104. The number of aromatic hydroxyl groups is 1. The number of rotatable bonds is 2. The highest BCUT2D eigenvalue weighted by Crippen LogP contribution is 2.39. The lowest BCUT2D eigenvalue weighted by molar-refractivity contribution is -0.0246. The quantitative estimate of drug-likeness (QED) is 0.879. The Hall–Kier alpha value is -2.01. The lowest BCUT2D eigenvalue weighted by Gasteiger charge is -2.32. The zero-order valence-corrected chi connectivity index (χ0v) is 15.0. The van der Waals surface area contributed by atoms with E-state index in [1.165, 1.54) is 19.3 Å². The number of amides is 1. The number of carbonyl (C=O) groups excluding carboxylic acids is 1. The summed E-state index contributed by atoms with van der Waals surface area (Å²) >= 11 is 0. The van der Waals surface area contributed by atoms with Gasteiger partial charge in [-0.25, -0.2) is 0 Å². The van der Waals surface area contributed by atoms with Crippen molar-refractivity contribution in [3.8, 4) is 5.75 Å². The van der Waals surface area contributed by atoms with Crippen molar-refractivity contribution in [3.63, 3.8) is 0 Å². The number of phenolic OH excluding ortho intramolecular Hbond substituents is 1. The fourth-order valence-corrected chi connectivity index (χ4v) is 4.59. The highest BCUT2D eigenvalue weighted by Gasteiger charge is 2.41. The first-order valence-electron chi connectivity index (χ1n) is 9.22. The normalized spacial score (nSPS) is 22.6. The number of hydrogen-bond donors (Lipinski definition) is 2. The number of aromatic nitrogens is 1. The highest BCUT2D eigenvalue weighted by molar-refractivity contribution is 6.08. The third kappa shape index (κ3) is 2.80. The zero-order chi connectivity index (χ0) is 17.6. The smallest absolute Gasteiger partial charge is 0.254 e. The maximum absolute atomic E-state index is 13.0. The van der Waals surface area contributed by atoms with Crippen LogP contribution in [-0.2, 0) is 11.8 Å². The van der Waals surface area contributed by atoms with Crippen LogP contribution in [-0.4, -0.2) is 33.8 Å². The van der Waals surface area contributed by atoms with E-state index in [0.717, 1.165) is 35.9 Å². The Kier molecular flexibility index (Phi) is 3.99. The second-order valence-electron chi connectivity index (χ2n) is 7.65. The Morgan fingerprint density at radius 2 is 2.08 bits per heavy atom. The molecule has 5 nitrogen and oxygen atoms in total. The van der Waals surface area contributed by atoms with Crippen LogP contribution in [0.15, 0.2) is 18.2 Å². The molecule has 1 spiro atoms. The molecule has 5 heteroatoms. The summed E-state index contributed by atoms with van der Waals surface area (Å²) < 4.78 is 8.11. The predicted octanol–water partition coefficient (Wildman–Crippen LogP) is 3.41. The minimum absolute atomic E-state index is 0.0116. The topological polar surface area (TPSA) is 63.5 Å². The van der Waals surface area contributed by atoms with Crippen molar-refractivity contribution in [2.75, 3.05) is 6.61 Å². The molecule has 2 aromatic rings. The summed E-state index contributed by atoms with van der Waals surface area (Å²) in [7, 11) is 1.95. The molecule has 1 amide bonds. The molecule has 1 atom stereocenters. The van der Waals surface area contributed by atoms with Gasteiger partial charge in [0, 0.05) is 23.6 Å². The number of ether oxygens (including phenoxy) is 1. The average molecular weight is 342 g/mol. The molecule has 1 aliphatic carbocycles. The van der Waals surface area contributed by atoms with E-state index >= 15 is 0 Å². The van der Waals surface area contributed by atoms with Crippen molar-refractivity contribution in [1.82, 2.24) is 9.88 Å². The minimum atomic E-state index is -0.0739. The molecular formula is C20H26N2O3. The molecule has 0 radical (unpaired) electrons. The first kappa shape index (κ1) is 16.5.